The second-order valence-electron chi connectivity index (χ2n) is 5.06. The average Bonchev–Trinajstić information content (AvgIpc) is 2.35. The molecule has 1 aromatic rings. The summed E-state index contributed by atoms with van der Waals surface area (Å²) in [5.41, 5.74) is -0.0163. The lowest BCUT2D eigenvalue weighted by Gasteiger charge is -2.34. The number of anilines is 1. The van der Waals surface area contributed by atoms with Crippen LogP contribution in [0.25, 0.3) is 0 Å². The smallest absolute Gasteiger partial charge is 0.293 e. The second-order valence-corrected chi connectivity index (χ2v) is 6.62. The molecule has 0 bridgehead atoms. The fraction of sp³-hybridized carbons (Fsp3) is 0.500. The van der Waals surface area contributed by atoms with Crippen molar-refractivity contribution in [3.8, 4) is 0 Å². The van der Waals surface area contributed by atoms with Gasteiger partial charge in [0.2, 0.25) is 10.0 Å². The molecule has 0 aliphatic heterocycles. The van der Waals surface area contributed by atoms with E-state index < -0.39 is 14.9 Å². The van der Waals surface area contributed by atoms with Gasteiger partial charge >= 0.3 is 0 Å². The lowest BCUT2D eigenvalue weighted by Crippen LogP contribution is -2.34. The third kappa shape index (κ3) is 3.69. The van der Waals surface area contributed by atoms with Crippen molar-refractivity contribution in [3.63, 3.8) is 0 Å². The number of nitrogens with zero attached hydrogens (tertiary/aromatic N) is 1. The molecule has 3 N–H and O–H groups in total. The summed E-state index contributed by atoms with van der Waals surface area (Å²) < 4.78 is 27.6. The Morgan fingerprint density at radius 2 is 2.14 bits per heavy atom. The molecule has 8 nitrogen and oxygen atoms in total. The molecule has 1 aromatic carbocycles. The molecule has 9 heteroatoms. The normalized spacial score (nSPS) is 21.6. The number of benzene rings is 1. The maximum Gasteiger partial charge on any atom is 0.293 e. The van der Waals surface area contributed by atoms with Crippen LogP contribution < -0.4 is 10.5 Å². The molecule has 0 atom stereocenters. The molecule has 0 heterocycles. The van der Waals surface area contributed by atoms with Crippen LogP contribution in [0.15, 0.2) is 23.1 Å². The minimum Gasteiger partial charge on any atom is -0.381 e. The number of nitrogens with one attached hydrogen (secondary N) is 1. The van der Waals surface area contributed by atoms with Gasteiger partial charge in [0.15, 0.2) is 0 Å². The predicted octanol–water partition coefficient (Wildman–Crippen LogP) is 1.08. The Labute approximate surface area is 122 Å². The molecule has 1 fully saturated rings. The van der Waals surface area contributed by atoms with Gasteiger partial charge in [0.1, 0.15) is 5.69 Å². The number of nitro groups is 1. The van der Waals surface area contributed by atoms with Crippen LogP contribution in [0.5, 0.6) is 0 Å². The van der Waals surface area contributed by atoms with E-state index in [9.17, 15) is 18.5 Å². The highest BCUT2D eigenvalue weighted by molar-refractivity contribution is 7.89. The Morgan fingerprint density at radius 1 is 1.48 bits per heavy atom. The number of sulfonamides is 1. The summed E-state index contributed by atoms with van der Waals surface area (Å²) in [5.74, 6) is 0.396. The number of ether oxygens (including phenoxy) is 1. The molecule has 21 heavy (non-hydrogen) atoms. The molecule has 1 saturated carbocycles. The van der Waals surface area contributed by atoms with Gasteiger partial charge in [-0.3, -0.25) is 10.1 Å². The molecule has 0 unspecified atom stereocenters. The number of primary sulfonamides is 1. The van der Waals surface area contributed by atoms with E-state index in [1.54, 1.807) is 7.11 Å². The van der Waals surface area contributed by atoms with E-state index in [1.807, 2.05) is 0 Å². The van der Waals surface area contributed by atoms with Crippen molar-refractivity contribution in [2.45, 2.75) is 23.8 Å². The average molecular weight is 315 g/mol. The molecule has 0 radical (unpaired) electrons. The second kappa shape index (κ2) is 5.96. The molecule has 1 aliphatic carbocycles. The van der Waals surface area contributed by atoms with Crippen LogP contribution in [0, 0.1) is 16.0 Å². The summed E-state index contributed by atoms with van der Waals surface area (Å²) in [6.45, 7) is 0.579. The van der Waals surface area contributed by atoms with Crippen molar-refractivity contribution in [1.82, 2.24) is 0 Å². The summed E-state index contributed by atoms with van der Waals surface area (Å²) in [6.07, 6.45) is 2.08. The number of hydrogen-bond acceptors (Lipinski definition) is 6. The van der Waals surface area contributed by atoms with Crippen molar-refractivity contribution in [2.24, 2.45) is 11.1 Å². The van der Waals surface area contributed by atoms with E-state index in [0.717, 1.165) is 18.9 Å². The molecule has 0 spiro atoms. The Kier molecular flexibility index (Phi) is 4.45. The highest BCUT2D eigenvalue weighted by atomic mass is 32.2. The van der Waals surface area contributed by atoms with E-state index in [-0.39, 0.29) is 22.4 Å². The minimum atomic E-state index is -3.96. The Balaban J connectivity index is 2.10. The lowest BCUT2D eigenvalue weighted by atomic mass is 9.82. The molecule has 2 rings (SSSR count). The quantitative estimate of drug-likeness (QED) is 0.598. The monoisotopic (exact) mass is 315 g/mol. The largest absolute Gasteiger partial charge is 0.381 e. The molecule has 0 aromatic heterocycles. The summed E-state index contributed by atoms with van der Waals surface area (Å²) in [7, 11) is -2.30. The summed E-state index contributed by atoms with van der Waals surface area (Å²) in [4.78, 5) is 10.1. The maximum atomic E-state index is 11.2. The highest BCUT2D eigenvalue weighted by Crippen LogP contribution is 2.32. The first kappa shape index (κ1) is 15.7. The zero-order chi connectivity index (χ0) is 15.6. The number of rotatable bonds is 6. The first-order chi connectivity index (χ1) is 9.81. The first-order valence-electron chi connectivity index (χ1n) is 6.39. The molecular formula is C12H17N3O5S. The molecule has 1 aliphatic rings. The zero-order valence-electron chi connectivity index (χ0n) is 11.5. The fourth-order valence-corrected chi connectivity index (χ4v) is 2.81. The maximum absolute atomic E-state index is 11.2. The van der Waals surface area contributed by atoms with Crippen LogP contribution >= 0.6 is 0 Å². The Morgan fingerprint density at radius 3 is 2.67 bits per heavy atom. The van der Waals surface area contributed by atoms with E-state index in [0.29, 0.717) is 12.5 Å². The van der Waals surface area contributed by atoms with Crippen molar-refractivity contribution >= 4 is 21.4 Å². The van der Waals surface area contributed by atoms with Gasteiger partial charge in [-0.2, -0.15) is 0 Å². The van der Waals surface area contributed by atoms with Crippen LogP contribution in [-0.4, -0.2) is 33.1 Å². The standard InChI is InChI=1S/C12H17N3O5S/c1-20-9-4-8(5-9)7-14-11-3-2-10(21(13,18)19)6-12(11)15(16)17/h2-3,6,8-9,14H,4-5,7H2,1H3,(H2,13,18,19). The summed E-state index contributed by atoms with van der Waals surface area (Å²) in [6, 6.07) is 3.59. The van der Waals surface area contributed by atoms with Gasteiger partial charge in [0.25, 0.3) is 5.69 Å². The van der Waals surface area contributed by atoms with Gasteiger partial charge in [-0.05, 0) is 30.9 Å². The van der Waals surface area contributed by atoms with Crippen LogP contribution in [0.3, 0.4) is 0 Å². The number of nitro benzene ring substituents is 1. The van der Waals surface area contributed by atoms with Crippen molar-refractivity contribution in [3.05, 3.63) is 28.3 Å². The topological polar surface area (TPSA) is 125 Å². The third-order valence-corrected chi connectivity index (χ3v) is 4.51. The van der Waals surface area contributed by atoms with Crippen LogP contribution in [-0.2, 0) is 14.8 Å². The van der Waals surface area contributed by atoms with Crippen LogP contribution in [0.1, 0.15) is 12.8 Å². The number of methoxy groups -OCH3 is 1. The summed E-state index contributed by atoms with van der Waals surface area (Å²) in [5, 5.41) is 19.0. The van der Waals surface area contributed by atoms with Crippen LogP contribution in [0.4, 0.5) is 11.4 Å². The Bertz CT molecular complexity index is 640. The van der Waals surface area contributed by atoms with Gasteiger partial charge in [-0.15, -0.1) is 0 Å². The van der Waals surface area contributed by atoms with E-state index in [2.05, 4.69) is 5.32 Å². The minimum absolute atomic E-state index is 0.261. The highest BCUT2D eigenvalue weighted by Gasteiger charge is 2.29. The van der Waals surface area contributed by atoms with E-state index in [4.69, 9.17) is 9.88 Å². The van der Waals surface area contributed by atoms with Crippen molar-refractivity contribution in [2.75, 3.05) is 19.0 Å². The van der Waals surface area contributed by atoms with Crippen LogP contribution in [0.2, 0.25) is 0 Å². The SMILES string of the molecule is COC1CC(CNc2ccc(S(N)(=O)=O)cc2[N+](=O)[O-])C1. The summed E-state index contributed by atoms with van der Waals surface area (Å²) >= 11 is 0. The molecule has 116 valence electrons. The third-order valence-electron chi connectivity index (χ3n) is 3.60. The van der Waals surface area contributed by atoms with Gasteiger partial charge in [-0.25, -0.2) is 13.6 Å². The first-order valence-corrected chi connectivity index (χ1v) is 7.94. The molecule has 0 saturated heterocycles. The predicted molar refractivity (Wildman–Crippen MR) is 76.5 cm³/mol. The van der Waals surface area contributed by atoms with E-state index in [1.165, 1.54) is 12.1 Å². The lowest BCUT2D eigenvalue weighted by molar-refractivity contribution is -0.384. The van der Waals surface area contributed by atoms with Gasteiger partial charge in [-0.1, -0.05) is 0 Å². The number of nitrogens with two attached hydrogens (primary N) is 1. The van der Waals surface area contributed by atoms with Gasteiger partial charge < -0.3 is 10.1 Å². The van der Waals surface area contributed by atoms with Gasteiger partial charge in [0, 0.05) is 19.7 Å². The van der Waals surface area contributed by atoms with Crippen molar-refractivity contribution < 1.29 is 18.1 Å². The van der Waals surface area contributed by atoms with E-state index >= 15 is 0 Å². The van der Waals surface area contributed by atoms with Gasteiger partial charge in [0.05, 0.1) is 15.9 Å². The zero-order valence-corrected chi connectivity index (χ0v) is 12.3. The number of hydrogen-bond donors (Lipinski definition) is 2. The Hall–Kier alpha value is -1.71. The fourth-order valence-electron chi connectivity index (χ4n) is 2.28. The van der Waals surface area contributed by atoms with Crippen molar-refractivity contribution in [1.29, 1.82) is 0 Å². The molecular weight excluding hydrogens is 298 g/mol. The molecule has 0 amide bonds.